The van der Waals surface area contributed by atoms with E-state index in [1.807, 2.05) is 6.07 Å². The Labute approximate surface area is 194 Å². The molecule has 2 heterocycles. The van der Waals surface area contributed by atoms with Crippen LogP contribution >= 0.6 is 11.6 Å². The van der Waals surface area contributed by atoms with Crippen LogP contribution in [0.3, 0.4) is 0 Å². The number of furan rings is 1. The lowest BCUT2D eigenvalue weighted by Gasteiger charge is -2.39. The molecule has 1 N–H and O–H groups in total. The molecule has 0 bridgehead atoms. The number of benzene rings is 2. The third-order valence-electron chi connectivity index (χ3n) is 5.68. The van der Waals surface area contributed by atoms with Gasteiger partial charge in [0.05, 0.1) is 27.8 Å². The molecule has 1 saturated heterocycles. The zero-order chi connectivity index (χ0) is 23.4. The number of nitrogens with one attached hydrogen (secondary N) is 1. The van der Waals surface area contributed by atoms with Gasteiger partial charge in [0, 0.05) is 50.5 Å². The van der Waals surface area contributed by atoms with Crippen molar-refractivity contribution in [2.24, 2.45) is 0 Å². The molecule has 1 aliphatic heterocycles. The van der Waals surface area contributed by atoms with E-state index < -0.39 is 10.8 Å². The largest absolute Gasteiger partial charge is 0.468 e. The number of hydrogen-bond acceptors (Lipinski definition) is 6. The molecule has 1 amide bonds. The van der Waals surface area contributed by atoms with E-state index in [-0.39, 0.29) is 34.7 Å². The number of amides is 1. The summed E-state index contributed by atoms with van der Waals surface area (Å²) in [5.41, 5.74) is 0.799. The van der Waals surface area contributed by atoms with Gasteiger partial charge in [-0.25, -0.2) is 4.39 Å². The first-order valence-corrected chi connectivity index (χ1v) is 10.8. The highest BCUT2D eigenvalue weighted by atomic mass is 35.5. The molecule has 8 nitrogen and oxygen atoms in total. The van der Waals surface area contributed by atoms with Crippen molar-refractivity contribution in [2.75, 3.05) is 37.6 Å². The van der Waals surface area contributed by atoms with Crippen LogP contribution in [0.5, 0.6) is 0 Å². The predicted octanol–water partition coefficient (Wildman–Crippen LogP) is 4.27. The number of nitro groups is 1. The normalized spacial score (nSPS) is 15.3. The van der Waals surface area contributed by atoms with E-state index in [1.54, 1.807) is 24.5 Å². The molecule has 1 atom stereocenters. The molecule has 10 heteroatoms. The fraction of sp³-hybridized carbons (Fsp3) is 0.261. The molecule has 172 valence electrons. The molecule has 0 radical (unpaired) electrons. The van der Waals surface area contributed by atoms with E-state index in [0.717, 1.165) is 18.8 Å². The highest BCUT2D eigenvalue weighted by Crippen LogP contribution is 2.26. The number of rotatable bonds is 7. The summed E-state index contributed by atoms with van der Waals surface area (Å²) in [7, 11) is 0. The van der Waals surface area contributed by atoms with Crippen LogP contribution in [-0.4, -0.2) is 48.5 Å². The minimum absolute atomic E-state index is 0.0465. The first-order valence-electron chi connectivity index (χ1n) is 10.4. The van der Waals surface area contributed by atoms with E-state index in [1.165, 1.54) is 30.3 Å². The van der Waals surface area contributed by atoms with Gasteiger partial charge in [-0.2, -0.15) is 0 Å². The topological polar surface area (TPSA) is 91.9 Å². The monoisotopic (exact) mass is 472 g/mol. The number of hydrogen-bond donors (Lipinski definition) is 1. The molecular formula is C23H22ClFN4O4. The van der Waals surface area contributed by atoms with Gasteiger partial charge in [-0.05, 0) is 42.5 Å². The summed E-state index contributed by atoms with van der Waals surface area (Å²) in [6, 6.07) is 13.6. The molecule has 1 aliphatic rings. The molecule has 33 heavy (non-hydrogen) atoms. The number of piperazine rings is 1. The smallest absolute Gasteiger partial charge is 0.270 e. The van der Waals surface area contributed by atoms with Crippen LogP contribution in [0.4, 0.5) is 15.8 Å². The maximum absolute atomic E-state index is 13.2. The van der Waals surface area contributed by atoms with Gasteiger partial charge in [0.2, 0.25) is 0 Å². The van der Waals surface area contributed by atoms with Crippen molar-refractivity contribution in [3.8, 4) is 0 Å². The maximum atomic E-state index is 13.2. The summed E-state index contributed by atoms with van der Waals surface area (Å²) in [5.74, 6) is -0.0595. The van der Waals surface area contributed by atoms with Gasteiger partial charge in [-0.15, -0.1) is 0 Å². The van der Waals surface area contributed by atoms with E-state index in [4.69, 9.17) is 16.0 Å². The SMILES string of the molecule is O=C(NCC(c1ccco1)N1CCN(c2ccc(F)cc2)CC1)c1cc([N+](=O)[O-])ccc1Cl. The average Bonchev–Trinajstić information content (AvgIpc) is 3.35. The van der Waals surface area contributed by atoms with Crippen LogP contribution in [0.1, 0.15) is 22.2 Å². The zero-order valence-corrected chi connectivity index (χ0v) is 18.4. The van der Waals surface area contributed by atoms with Crippen molar-refractivity contribution in [3.63, 3.8) is 0 Å². The molecule has 0 aliphatic carbocycles. The fourth-order valence-electron chi connectivity index (χ4n) is 3.92. The quantitative estimate of drug-likeness (QED) is 0.408. The fourth-order valence-corrected chi connectivity index (χ4v) is 4.12. The molecule has 0 saturated carbocycles. The summed E-state index contributed by atoms with van der Waals surface area (Å²) in [4.78, 5) is 27.6. The van der Waals surface area contributed by atoms with E-state index >= 15 is 0 Å². The second-order valence-electron chi connectivity index (χ2n) is 7.66. The lowest BCUT2D eigenvalue weighted by molar-refractivity contribution is -0.384. The molecule has 4 rings (SSSR count). The van der Waals surface area contributed by atoms with Crippen LogP contribution in [0, 0.1) is 15.9 Å². The minimum Gasteiger partial charge on any atom is -0.468 e. The Morgan fingerprint density at radius 2 is 1.88 bits per heavy atom. The Hall–Kier alpha value is -3.43. The molecule has 1 unspecified atom stereocenters. The van der Waals surface area contributed by atoms with Crippen molar-refractivity contribution in [3.05, 3.63) is 93.1 Å². The number of carbonyl (C=O) groups is 1. The number of halogens is 2. The van der Waals surface area contributed by atoms with Gasteiger partial charge in [-0.3, -0.25) is 19.8 Å². The third-order valence-corrected chi connectivity index (χ3v) is 6.01. The zero-order valence-electron chi connectivity index (χ0n) is 17.6. The highest BCUT2D eigenvalue weighted by Gasteiger charge is 2.28. The molecular weight excluding hydrogens is 451 g/mol. The third kappa shape index (κ3) is 5.32. The number of anilines is 1. The summed E-state index contributed by atoms with van der Waals surface area (Å²) in [6.45, 7) is 3.11. The van der Waals surface area contributed by atoms with Gasteiger partial charge < -0.3 is 14.6 Å². The standard InChI is InChI=1S/C23H22ClFN4O4/c24-20-8-7-18(29(31)32)14-19(20)23(30)26-15-21(22-2-1-13-33-22)28-11-9-27(10-12-28)17-5-3-16(25)4-6-17/h1-8,13-14,21H,9-12,15H2,(H,26,30). The van der Waals surface area contributed by atoms with Gasteiger partial charge in [0.25, 0.3) is 11.6 Å². The van der Waals surface area contributed by atoms with Crippen molar-refractivity contribution >= 4 is 28.9 Å². The minimum atomic E-state index is -0.570. The van der Waals surface area contributed by atoms with Gasteiger partial charge in [0.1, 0.15) is 11.6 Å². The van der Waals surface area contributed by atoms with Gasteiger partial charge in [-0.1, -0.05) is 11.6 Å². The molecule has 0 spiro atoms. The van der Waals surface area contributed by atoms with Crippen LogP contribution in [0.2, 0.25) is 5.02 Å². The number of non-ortho nitro benzene ring substituents is 1. The Balaban J connectivity index is 1.44. The van der Waals surface area contributed by atoms with Crippen LogP contribution < -0.4 is 10.2 Å². The molecule has 1 aromatic heterocycles. The van der Waals surface area contributed by atoms with Gasteiger partial charge in [0.15, 0.2) is 0 Å². The van der Waals surface area contributed by atoms with E-state index in [0.29, 0.717) is 18.8 Å². The second-order valence-corrected chi connectivity index (χ2v) is 8.07. The number of nitro benzene ring substituents is 1. The summed E-state index contributed by atoms with van der Waals surface area (Å²) in [6.07, 6.45) is 1.58. The first kappa shape index (κ1) is 22.8. The first-order chi connectivity index (χ1) is 15.9. The number of carbonyl (C=O) groups excluding carboxylic acids is 1. The van der Waals surface area contributed by atoms with Crippen LogP contribution in [0.15, 0.2) is 65.3 Å². The van der Waals surface area contributed by atoms with Crippen LogP contribution in [-0.2, 0) is 0 Å². The van der Waals surface area contributed by atoms with Gasteiger partial charge >= 0.3 is 0 Å². The summed E-state index contributed by atoms with van der Waals surface area (Å²) < 4.78 is 18.8. The molecule has 1 fully saturated rings. The lowest BCUT2D eigenvalue weighted by atomic mass is 10.1. The lowest BCUT2D eigenvalue weighted by Crippen LogP contribution is -2.49. The van der Waals surface area contributed by atoms with Crippen molar-refractivity contribution < 1.29 is 18.5 Å². The van der Waals surface area contributed by atoms with E-state index in [9.17, 15) is 19.3 Å². The summed E-state index contributed by atoms with van der Waals surface area (Å²) >= 11 is 6.10. The number of nitrogens with zero attached hydrogens (tertiary/aromatic N) is 3. The Morgan fingerprint density at radius 1 is 1.15 bits per heavy atom. The second kappa shape index (κ2) is 10.0. The molecule has 2 aromatic carbocycles. The van der Waals surface area contributed by atoms with Crippen molar-refractivity contribution in [2.45, 2.75) is 6.04 Å². The van der Waals surface area contributed by atoms with Crippen molar-refractivity contribution in [1.82, 2.24) is 10.2 Å². The van der Waals surface area contributed by atoms with Crippen molar-refractivity contribution in [1.29, 1.82) is 0 Å². The predicted molar refractivity (Wildman–Crippen MR) is 122 cm³/mol. The van der Waals surface area contributed by atoms with Crippen LogP contribution in [0.25, 0.3) is 0 Å². The molecule has 3 aromatic rings. The maximum Gasteiger partial charge on any atom is 0.270 e. The average molecular weight is 473 g/mol. The Morgan fingerprint density at radius 3 is 2.52 bits per heavy atom. The Kier molecular flexibility index (Phi) is 6.90. The summed E-state index contributed by atoms with van der Waals surface area (Å²) in [5, 5.41) is 14.0. The highest BCUT2D eigenvalue weighted by molar-refractivity contribution is 6.33. The Bertz CT molecular complexity index is 1120. The van der Waals surface area contributed by atoms with E-state index in [2.05, 4.69) is 15.1 Å².